The molecule has 0 spiro atoms. The van der Waals surface area contributed by atoms with Gasteiger partial charge in [-0.15, -0.1) is 0 Å². The van der Waals surface area contributed by atoms with E-state index in [0.29, 0.717) is 0 Å². The number of aryl methyl sites for hydroxylation is 1. The lowest BCUT2D eigenvalue weighted by Crippen LogP contribution is -1.90. The summed E-state index contributed by atoms with van der Waals surface area (Å²) in [5.74, 6) is 0.876. The van der Waals surface area contributed by atoms with Crippen molar-refractivity contribution in [1.82, 2.24) is 0 Å². The molecular formula is C9H11ClS. The van der Waals surface area contributed by atoms with Crippen molar-refractivity contribution in [1.29, 1.82) is 0 Å². The van der Waals surface area contributed by atoms with Gasteiger partial charge in [0.05, 0.1) is 0 Å². The summed E-state index contributed by atoms with van der Waals surface area (Å²) in [4.78, 5) is 0. The van der Waals surface area contributed by atoms with Crippen molar-refractivity contribution in [2.24, 2.45) is 0 Å². The third-order valence-electron chi connectivity index (χ3n) is 1.76. The second kappa shape index (κ2) is 4.03. The topological polar surface area (TPSA) is 0 Å². The molecule has 1 aromatic carbocycles. The molecule has 11 heavy (non-hydrogen) atoms. The zero-order valence-corrected chi connectivity index (χ0v) is 8.12. The third-order valence-corrected chi connectivity index (χ3v) is 2.39. The molecule has 0 bridgehead atoms. The van der Waals surface area contributed by atoms with Crippen molar-refractivity contribution in [3.05, 3.63) is 34.3 Å². The molecule has 0 nitrogen and oxygen atoms in total. The first-order valence-corrected chi connectivity index (χ1v) is 4.61. The van der Waals surface area contributed by atoms with Crippen LogP contribution in [0.25, 0.3) is 0 Å². The van der Waals surface area contributed by atoms with Gasteiger partial charge in [-0.3, -0.25) is 0 Å². The van der Waals surface area contributed by atoms with Crippen molar-refractivity contribution in [2.45, 2.75) is 13.3 Å². The molecule has 0 saturated carbocycles. The fraction of sp³-hybridized carbons (Fsp3) is 0.333. The van der Waals surface area contributed by atoms with Crippen molar-refractivity contribution >= 4 is 24.2 Å². The van der Waals surface area contributed by atoms with Gasteiger partial charge >= 0.3 is 0 Å². The second-order valence-electron chi connectivity index (χ2n) is 2.50. The zero-order chi connectivity index (χ0) is 8.27. The van der Waals surface area contributed by atoms with Crippen LogP contribution < -0.4 is 0 Å². The highest BCUT2D eigenvalue weighted by Gasteiger charge is 1.99. The van der Waals surface area contributed by atoms with Gasteiger partial charge in [-0.1, -0.05) is 23.7 Å². The number of benzene rings is 1. The van der Waals surface area contributed by atoms with Gasteiger partial charge in [0.2, 0.25) is 0 Å². The average molecular weight is 187 g/mol. The van der Waals surface area contributed by atoms with Gasteiger partial charge in [0, 0.05) is 5.02 Å². The van der Waals surface area contributed by atoms with Crippen LogP contribution in [0.1, 0.15) is 11.1 Å². The van der Waals surface area contributed by atoms with Gasteiger partial charge in [0.25, 0.3) is 0 Å². The normalized spacial score (nSPS) is 10.1. The molecule has 0 N–H and O–H groups in total. The van der Waals surface area contributed by atoms with E-state index in [2.05, 4.69) is 18.7 Å². The summed E-state index contributed by atoms with van der Waals surface area (Å²) in [5, 5.41) is 0.851. The maximum Gasteiger partial charge on any atom is 0.0437 e. The largest absolute Gasteiger partial charge is 0.179 e. The maximum absolute atomic E-state index is 5.92. The standard InChI is InChI=1S/C9H11ClS/c1-7-8(5-6-11)3-2-4-9(7)10/h2-4,11H,5-6H2,1H3. The van der Waals surface area contributed by atoms with Crippen LogP contribution in [0, 0.1) is 6.92 Å². The Kier molecular flexibility index (Phi) is 3.28. The first-order chi connectivity index (χ1) is 5.25. The molecule has 0 fully saturated rings. The van der Waals surface area contributed by atoms with Crippen LogP contribution in [0.2, 0.25) is 5.02 Å². The monoisotopic (exact) mass is 186 g/mol. The molecule has 1 rings (SSSR count). The van der Waals surface area contributed by atoms with Crippen molar-refractivity contribution < 1.29 is 0 Å². The molecule has 0 aliphatic rings. The summed E-state index contributed by atoms with van der Waals surface area (Å²) in [6.45, 7) is 2.04. The molecule has 0 radical (unpaired) electrons. The Hall–Kier alpha value is -0.140. The molecule has 0 atom stereocenters. The lowest BCUT2D eigenvalue weighted by Gasteiger charge is -2.04. The van der Waals surface area contributed by atoms with E-state index in [1.54, 1.807) is 0 Å². The first-order valence-electron chi connectivity index (χ1n) is 3.60. The number of thiol groups is 1. The van der Waals surface area contributed by atoms with Crippen LogP contribution in [-0.4, -0.2) is 5.75 Å². The summed E-state index contributed by atoms with van der Waals surface area (Å²) < 4.78 is 0. The highest BCUT2D eigenvalue weighted by molar-refractivity contribution is 7.80. The predicted molar refractivity (Wildman–Crippen MR) is 53.7 cm³/mol. The lowest BCUT2D eigenvalue weighted by molar-refractivity contribution is 1.13. The summed E-state index contributed by atoms with van der Waals surface area (Å²) in [5.41, 5.74) is 2.48. The van der Waals surface area contributed by atoms with E-state index in [0.717, 1.165) is 17.2 Å². The minimum atomic E-state index is 0.851. The molecule has 1 aromatic rings. The molecule has 0 amide bonds. The predicted octanol–water partition coefficient (Wildman–Crippen LogP) is 3.12. The number of rotatable bonds is 2. The number of halogens is 1. The summed E-state index contributed by atoms with van der Waals surface area (Å²) in [7, 11) is 0. The van der Waals surface area contributed by atoms with Crippen LogP contribution in [0.5, 0.6) is 0 Å². The lowest BCUT2D eigenvalue weighted by atomic mass is 10.1. The summed E-state index contributed by atoms with van der Waals surface area (Å²) in [6, 6.07) is 5.99. The quantitative estimate of drug-likeness (QED) is 0.675. The highest BCUT2D eigenvalue weighted by atomic mass is 35.5. The van der Waals surface area contributed by atoms with E-state index < -0.39 is 0 Å². The fourth-order valence-electron chi connectivity index (χ4n) is 1.04. The highest BCUT2D eigenvalue weighted by Crippen LogP contribution is 2.18. The Morgan fingerprint density at radius 1 is 1.45 bits per heavy atom. The van der Waals surface area contributed by atoms with E-state index in [1.807, 2.05) is 19.1 Å². The molecule has 0 saturated heterocycles. The minimum absolute atomic E-state index is 0.851. The van der Waals surface area contributed by atoms with E-state index in [9.17, 15) is 0 Å². The van der Waals surface area contributed by atoms with Gasteiger partial charge in [-0.2, -0.15) is 12.6 Å². The van der Waals surface area contributed by atoms with Crippen LogP contribution in [0.3, 0.4) is 0 Å². The Labute approximate surface area is 78.0 Å². The molecule has 0 heterocycles. The van der Waals surface area contributed by atoms with Gasteiger partial charge in [0.1, 0.15) is 0 Å². The molecule has 60 valence electrons. The van der Waals surface area contributed by atoms with Gasteiger partial charge < -0.3 is 0 Å². The fourth-order valence-corrected chi connectivity index (χ4v) is 1.48. The van der Waals surface area contributed by atoms with Crippen LogP contribution in [-0.2, 0) is 6.42 Å². The smallest absolute Gasteiger partial charge is 0.0437 e. The Balaban J connectivity index is 2.96. The second-order valence-corrected chi connectivity index (χ2v) is 3.35. The van der Waals surface area contributed by atoms with Gasteiger partial charge in [0.15, 0.2) is 0 Å². The number of hydrogen-bond donors (Lipinski definition) is 1. The van der Waals surface area contributed by atoms with Gasteiger partial charge in [-0.05, 0) is 36.3 Å². The Morgan fingerprint density at radius 2 is 2.18 bits per heavy atom. The summed E-state index contributed by atoms with van der Waals surface area (Å²) in [6.07, 6.45) is 0.996. The molecular weight excluding hydrogens is 176 g/mol. The van der Waals surface area contributed by atoms with Crippen LogP contribution >= 0.6 is 24.2 Å². The van der Waals surface area contributed by atoms with Gasteiger partial charge in [-0.25, -0.2) is 0 Å². The van der Waals surface area contributed by atoms with E-state index in [1.165, 1.54) is 11.1 Å². The van der Waals surface area contributed by atoms with E-state index in [-0.39, 0.29) is 0 Å². The first kappa shape index (κ1) is 8.95. The molecule has 2 heteroatoms. The average Bonchev–Trinajstić information content (AvgIpc) is 1.99. The Morgan fingerprint density at radius 3 is 2.82 bits per heavy atom. The third kappa shape index (κ3) is 2.14. The van der Waals surface area contributed by atoms with Crippen LogP contribution in [0.4, 0.5) is 0 Å². The van der Waals surface area contributed by atoms with E-state index in [4.69, 9.17) is 11.6 Å². The zero-order valence-electron chi connectivity index (χ0n) is 6.47. The molecule has 0 aromatic heterocycles. The number of hydrogen-bond acceptors (Lipinski definition) is 1. The van der Waals surface area contributed by atoms with Crippen LogP contribution in [0.15, 0.2) is 18.2 Å². The SMILES string of the molecule is Cc1c(Cl)cccc1CCS. The van der Waals surface area contributed by atoms with E-state index >= 15 is 0 Å². The Bertz CT molecular complexity index is 245. The van der Waals surface area contributed by atoms with Crippen molar-refractivity contribution in [2.75, 3.05) is 5.75 Å². The minimum Gasteiger partial charge on any atom is -0.179 e. The maximum atomic E-state index is 5.92. The summed E-state index contributed by atoms with van der Waals surface area (Å²) >= 11 is 10.1. The van der Waals surface area contributed by atoms with Crippen molar-refractivity contribution in [3.8, 4) is 0 Å². The molecule has 0 unspecified atom stereocenters. The molecule has 0 aliphatic heterocycles. The molecule has 0 aliphatic carbocycles. The van der Waals surface area contributed by atoms with Crippen molar-refractivity contribution in [3.63, 3.8) is 0 Å².